The van der Waals surface area contributed by atoms with Gasteiger partial charge in [-0.05, 0) is 60.2 Å². The van der Waals surface area contributed by atoms with E-state index in [-0.39, 0.29) is 24.5 Å². The number of nitrogens with two attached hydrogens (primary N) is 1. The minimum atomic E-state index is -4.09. The van der Waals surface area contributed by atoms with E-state index in [0.29, 0.717) is 34.1 Å². The fraction of sp³-hybridized carbons (Fsp3) is 0.375. The predicted molar refractivity (Wildman–Crippen MR) is 140 cm³/mol. The third-order valence-electron chi connectivity index (χ3n) is 6.82. The van der Waals surface area contributed by atoms with Crippen LogP contribution in [0.1, 0.15) is 50.8 Å². The summed E-state index contributed by atoms with van der Waals surface area (Å²) in [7, 11) is -2.05. The maximum Gasteiger partial charge on any atom is 0.333 e. The third kappa shape index (κ3) is 5.70. The number of thiophene rings is 1. The number of carbonyl (C=O) groups excluding carboxylic acids is 1. The number of benzene rings is 1. The normalized spacial score (nSPS) is 23.8. The summed E-state index contributed by atoms with van der Waals surface area (Å²) < 4.78 is 26.9. The predicted octanol–water partition coefficient (Wildman–Crippen LogP) is 2.73. The van der Waals surface area contributed by atoms with Crippen LogP contribution in [-0.2, 0) is 21.0 Å². The number of aromatic nitrogens is 2. The van der Waals surface area contributed by atoms with Crippen LogP contribution in [0.4, 0.5) is 5.82 Å². The number of ketones is 1. The van der Waals surface area contributed by atoms with Crippen LogP contribution in [0, 0.1) is 5.92 Å². The number of aliphatic hydroxyl groups is 1. The summed E-state index contributed by atoms with van der Waals surface area (Å²) >= 11 is 7.62. The largest absolute Gasteiger partial charge is 0.393 e. The zero-order chi connectivity index (χ0) is 26.3. The van der Waals surface area contributed by atoms with E-state index < -0.39 is 22.3 Å². The summed E-state index contributed by atoms with van der Waals surface area (Å²) in [6, 6.07) is 7.58. The van der Waals surface area contributed by atoms with Gasteiger partial charge in [0.2, 0.25) is 5.78 Å². The van der Waals surface area contributed by atoms with Gasteiger partial charge in [0.15, 0.2) is 0 Å². The molecule has 4 N–H and O–H groups in total. The number of aliphatic hydroxyl groups excluding tert-OH is 1. The van der Waals surface area contributed by atoms with Crippen molar-refractivity contribution in [2.24, 2.45) is 11.1 Å². The molecule has 0 bridgehead atoms. The summed E-state index contributed by atoms with van der Waals surface area (Å²) in [6.07, 6.45) is 2.81. The standard InChI is InChI=1S/C24H26ClN5O5S2/c1-30-9-13-2-3-16(25)6-18(13)22(30)15-5-21(36-11-15)23(32)19-8-27-12-28-24(19)29-17-4-14(20(31)7-17)10-35-37(26,33)34/h2-3,5-6,8,11-12,14,17,20,22,31H,4,7,9-10H2,1H3,(H2,26,33,34)(H,27,28,29)/t14-,17-,20+,22+/m1/s1. The van der Waals surface area contributed by atoms with E-state index in [1.54, 1.807) is 0 Å². The van der Waals surface area contributed by atoms with Crippen molar-refractivity contribution >= 4 is 44.8 Å². The number of fused-ring (bicyclic) bond motifs is 1. The molecule has 10 nitrogen and oxygen atoms in total. The maximum absolute atomic E-state index is 13.5. The molecular weight excluding hydrogens is 538 g/mol. The summed E-state index contributed by atoms with van der Waals surface area (Å²) in [4.78, 5) is 24.6. The molecule has 1 aliphatic carbocycles. The zero-order valence-corrected chi connectivity index (χ0v) is 22.3. The van der Waals surface area contributed by atoms with E-state index in [0.717, 1.165) is 17.7 Å². The average Bonchev–Trinajstić information content (AvgIpc) is 3.53. The number of hydrogen-bond acceptors (Lipinski definition) is 10. The minimum absolute atomic E-state index is 0.00702. The Morgan fingerprint density at radius 3 is 2.95 bits per heavy atom. The fourth-order valence-corrected chi connectivity index (χ4v) is 6.55. The molecule has 37 heavy (non-hydrogen) atoms. The Hall–Kier alpha value is -2.45. The second-order valence-electron chi connectivity index (χ2n) is 9.44. The van der Waals surface area contributed by atoms with Crippen LogP contribution >= 0.6 is 22.9 Å². The second-order valence-corrected chi connectivity index (χ2v) is 12.0. The number of hydrogen-bond donors (Lipinski definition) is 3. The molecular formula is C24H26ClN5O5S2. The number of halogens is 1. The lowest BCUT2D eigenvalue weighted by Crippen LogP contribution is -2.24. The van der Waals surface area contributed by atoms with Crippen LogP contribution in [0.3, 0.4) is 0 Å². The van der Waals surface area contributed by atoms with Crippen molar-refractivity contribution in [3.63, 3.8) is 0 Å². The van der Waals surface area contributed by atoms with Gasteiger partial charge in [0.05, 0.1) is 29.2 Å². The Morgan fingerprint density at radius 2 is 2.16 bits per heavy atom. The highest BCUT2D eigenvalue weighted by Crippen LogP contribution is 2.40. The molecule has 3 aromatic rings. The SMILES string of the molecule is CN1Cc2ccc(Cl)cc2[C@@H]1c1csc(C(=O)c2cncnc2N[C@@H]2C[C@H](COS(N)(=O)=O)[C@@H](O)C2)c1. The van der Waals surface area contributed by atoms with Crippen LogP contribution < -0.4 is 10.5 Å². The third-order valence-corrected chi connectivity index (χ3v) is 8.47. The van der Waals surface area contributed by atoms with Crippen LogP contribution in [0.25, 0.3) is 0 Å². The van der Waals surface area contributed by atoms with Crippen molar-refractivity contribution in [2.75, 3.05) is 19.0 Å². The summed E-state index contributed by atoms with van der Waals surface area (Å²) in [6.45, 7) is 0.586. The highest BCUT2D eigenvalue weighted by Gasteiger charge is 2.35. The van der Waals surface area contributed by atoms with E-state index in [9.17, 15) is 18.3 Å². The van der Waals surface area contributed by atoms with Gasteiger partial charge in [-0.25, -0.2) is 15.1 Å². The lowest BCUT2D eigenvalue weighted by atomic mass is 9.99. The average molecular weight is 564 g/mol. The van der Waals surface area contributed by atoms with Gasteiger partial charge in [0, 0.05) is 29.7 Å². The first-order valence-electron chi connectivity index (χ1n) is 11.6. The van der Waals surface area contributed by atoms with Crippen LogP contribution in [-0.4, -0.2) is 60.0 Å². The molecule has 1 saturated carbocycles. The fourth-order valence-electron chi connectivity index (χ4n) is 5.13. The van der Waals surface area contributed by atoms with Crippen molar-refractivity contribution in [3.8, 4) is 0 Å². The molecule has 196 valence electrons. The Balaban J connectivity index is 1.32. The zero-order valence-electron chi connectivity index (χ0n) is 19.9. The monoisotopic (exact) mass is 563 g/mol. The molecule has 0 spiro atoms. The van der Waals surface area contributed by atoms with Crippen LogP contribution in [0.2, 0.25) is 5.02 Å². The second kappa shape index (κ2) is 10.4. The van der Waals surface area contributed by atoms with Gasteiger partial charge in [-0.1, -0.05) is 17.7 Å². The van der Waals surface area contributed by atoms with Gasteiger partial charge in [0.25, 0.3) is 0 Å². The Bertz CT molecular complexity index is 1430. The van der Waals surface area contributed by atoms with Gasteiger partial charge in [0.1, 0.15) is 12.1 Å². The van der Waals surface area contributed by atoms with E-state index in [4.69, 9.17) is 16.7 Å². The van der Waals surface area contributed by atoms with Gasteiger partial charge in [-0.15, -0.1) is 11.3 Å². The van der Waals surface area contributed by atoms with Crippen molar-refractivity contribution < 1.29 is 22.5 Å². The van der Waals surface area contributed by atoms with E-state index in [1.807, 2.05) is 36.7 Å². The lowest BCUT2D eigenvalue weighted by Gasteiger charge is -2.19. The topological polar surface area (TPSA) is 148 Å². The summed E-state index contributed by atoms with van der Waals surface area (Å²) in [5, 5.41) is 21.1. The summed E-state index contributed by atoms with van der Waals surface area (Å²) in [5.74, 6) is -0.273. The molecule has 0 saturated heterocycles. The smallest absolute Gasteiger partial charge is 0.333 e. The molecule has 0 unspecified atom stereocenters. The first-order chi connectivity index (χ1) is 17.6. The quantitative estimate of drug-likeness (QED) is 0.352. The van der Waals surface area contributed by atoms with Gasteiger partial charge < -0.3 is 10.4 Å². The molecule has 1 aliphatic heterocycles. The molecule has 1 fully saturated rings. The van der Waals surface area contributed by atoms with Crippen molar-refractivity contribution in [3.05, 3.63) is 74.3 Å². The van der Waals surface area contributed by atoms with Crippen molar-refractivity contribution in [2.45, 2.75) is 37.6 Å². The molecule has 5 rings (SSSR count). The molecule has 0 amide bonds. The number of nitrogens with zero attached hydrogens (tertiary/aromatic N) is 3. The highest BCUT2D eigenvalue weighted by molar-refractivity contribution is 7.84. The maximum atomic E-state index is 13.5. The molecule has 0 radical (unpaired) electrons. The Morgan fingerprint density at radius 1 is 1.35 bits per heavy atom. The van der Waals surface area contributed by atoms with Crippen LogP contribution in [0.15, 0.2) is 42.2 Å². The number of rotatable bonds is 8. The highest BCUT2D eigenvalue weighted by atomic mass is 35.5. The molecule has 13 heteroatoms. The van der Waals surface area contributed by atoms with Crippen molar-refractivity contribution in [1.82, 2.24) is 14.9 Å². The number of carbonyl (C=O) groups is 1. The van der Waals surface area contributed by atoms with E-state index in [2.05, 4.69) is 24.4 Å². The molecule has 2 aliphatic rings. The van der Waals surface area contributed by atoms with Gasteiger partial charge in [-0.2, -0.15) is 8.42 Å². The molecule has 4 atom stereocenters. The molecule has 3 heterocycles. The van der Waals surface area contributed by atoms with Crippen molar-refractivity contribution in [1.29, 1.82) is 0 Å². The first kappa shape index (κ1) is 26.2. The molecule has 1 aromatic carbocycles. The first-order valence-corrected chi connectivity index (χ1v) is 14.4. The van der Waals surface area contributed by atoms with Crippen LogP contribution in [0.5, 0.6) is 0 Å². The lowest BCUT2D eigenvalue weighted by molar-refractivity contribution is 0.101. The number of anilines is 1. The minimum Gasteiger partial charge on any atom is -0.393 e. The Kier molecular flexibility index (Phi) is 7.33. The summed E-state index contributed by atoms with van der Waals surface area (Å²) in [5.41, 5.74) is 3.68. The molecule has 2 aromatic heterocycles. The van der Waals surface area contributed by atoms with Gasteiger partial charge in [-0.3, -0.25) is 13.9 Å². The Labute approximate surface area is 223 Å². The number of nitrogens with one attached hydrogen (secondary N) is 1. The van der Waals surface area contributed by atoms with Gasteiger partial charge >= 0.3 is 10.3 Å². The van der Waals surface area contributed by atoms with E-state index in [1.165, 1.54) is 29.4 Å². The van der Waals surface area contributed by atoms with E-state index >= 15 is 0 Å².